The second-order valence-electron chi connectivity index (χ2n) is 10.8. The number of amides is 1. The number of phenolic OH excluding ortho intramolecular Hbond substituents is 1. The molecular weight excluding hydrogens is 578 g/mol. The quantitative estimate of drug-likeness (QED) is 0.229. The number of rotatable bonds is 12. The van der Waals surface area contributed by atoms with E-state index in [1.54, 1.807) is 25.3 Å². The Morgan fingerprint density at radius 1 is 0.955 bits per heavy atom. The number of carbonyl (C=O) groups excluding carboxylic acids is 1. The van der Waals surface area contributed by atoms with Gasteiger partial charge in [0.1, 0.15) is 11.5 Å². The average molecular weight is 616 g/mol. The minimum atomic E-state index is -0.0168. The van der Waals surface area contributed by atoms with Crippen molar-refractivity contribution < 1.29 is 14.6 Å². The van der Waals surface area contributed by atoms with Crippen LogP contribution in [0.1, 0.15) is 27.9 Å². The fourth-order valence-electron chi connectivity index (χ4n) is 5.05. The van der Waals surface area contributed by atoms with Crippen LogP contribution in [0.4, 0.5) is 17.8 Å². The molecule has 4 aromatic rings. The Bertz CT molecular complexity index is 1530. The van der Waals surface area contributed by atoms with Crippen molar-refractivity contribution in [3.05, 3.63) is 94.5 Å². The van der Waals surface area contributed by atoms with E-state index in [1.807, 2.05) is 54.4 Å². The molecule has 0 atom stereocenters. The van der Waals surface area contributed by atoms with E-state index in [4.69, 9.17) is 31.3 Å². The molecule has 2 heterocycles. The number of halogens is 1. The summed E-state index contributed by atoms with van der Waals surface area (Å²) in [5.41, 5.74) is 2.94. The number of benzene rings is 3. The predicted octanol–water partition coefficient (Wildman–Crippen LogP) is 4.93. The summed E-state index contributed by atoms with van der Waals surface area (Å²) in [6, 6.07) is 22.4. The van der Waals surface area contributed by atoms with Gasteiger partial charge in [-0.3, -0.25) is 4.79 Å². The molecule has 1 aliphatic rings. The van der Waals surface area contributed by atoms with Crippen LogP contribution in [-0.2, 0) is 12.8 Å². The van der Waals surface area contributed by atoms with Crippen LogP contribution >= 0.6 is 11.6 Å². The monoisotopic (exact) mass is 615 g/mol. The van der Waals surface area contributed by atoms with E-state index >= 15 is 0 Å². The van der Waals surface area contributed by atoms with Gasteiger partial charge >= 0.3 is 0 Å². The fourth-order valence-corrected chi connectivity index (χ4v) is 5.17. The van der Waals surface area contributed by atoms with Gasteiger partial charge in [0.25, 0.3) is 5.91 Å². The van der Waals surface area contributed by atoms with E-state index < -0.39 is 0 Å². The third-order valence-corrected chi connectivity index (χ3v) is 7.88. The van der Waals surface area contributed by atoms with Crippen molar-refractivity contribution in [3.8, 4) is 11.5 Å². The highest BCUT2D eigenvalue weighted by Gasteiger charge is 2.25. The van der Waals surface area contributed by atoms with E-state index in [2.05, 4.69) is 27.2 Å². The van der Waals surface area contributed by atoms with Crippen molar-refractivity contribution in [2.45, 2.75) is 19.3 Å². The normalized spacial score (nSPS) is 13.1. The van der Waals surface area contributed by atoms with E-state index in [9.17, 15) is 9.90 Å². The summed E-state index contributed by atoms with van der Waals surface area (Å²) in [4.78, 5) is 33.5. The van der Waals surface area contributed by atoms with Crippen LogP contribution in [-0.4, -0.2) is 84.3 Å². The number of methoxy groups -OCH3 is 1. The fraction of sp³-hybridized carbons (Fsp3) is 0.333. The third-order valence-electron chi connectivity index (χ3n) is 7.63. The lowest BCUT2D eigenvalue weighted by atomic mass is 10.1. The van der Waals surface area contributed by atoms with Crippen LogP contribution in [0.3, 0.4) is 0 Å². The molecule has 0 saturated carbocycles. The molecule has 11 heteroatoms. The maximum absolute atomic E-state index is 13.2. The lowest BCUT2D eigenvalue weighted by Crippen LogP contribution is -2.49. The van der Waals surface area contributed by atoms with Crippen LogP contribution in [0.15, 0.2) is 72.8 Å². The van der Waals surface area contributed by atoms with Gasteiger partial charge < -0.3 is 29.9 Å². The second-order valence-corrected chi connectivity index (χ2v) is 11.2. The molecule has 44 heavy (non-hydrogen) atoms. The standard InChI is InChI=1S/C33H38ClN7O3/c1-39(18-4-5-24-8-12-27(34)13-9-24)32-36-31(35-17-16-25-10-14-28(42)15-11-25)37-33(38-32)41-21-19-40(20-22-41)30(43)26-6-3-7-29(23-26)44-2/h3,6-15,23,42H,4-5,16-22H2,1-2H3,(H,35,36,37,38). The Morgan fingerprint density at radius 2 is 1.66 bits per heavy atom. The van der Waals surface area contributed by atoms with Gasteiger partial charge in [-0.05, 0) is 72.9 Å². The molecule has 5 rings (SSSR count). The highest BCUT2D eigenvalue weighted by atomic mass is 35.5. The molecule has 1 amide bonds. The molecule has 1 fully saturated rings. The summed E-state index contributed by atoms with van der Waals surface area (Å²) in [7, 11) is 3.59. The Balaban J connectivity index is 1.26. The van der Waals surface area contributed by atoms with Gasteiger partial charge in [0.05, 0.1) is 7.11 Å². The van der Waals surface area contributed by atoms with E-state index in [-0.39, 0.29) is 11.7 Å². The SMILES string of the molecule is COc1cccc(C(=O)N2CCN(c3nc(NCCc4ccc(O)cc4)nc(N(C)CCCc4ccc(Cl)cc4)n3)CC2)c1. The summed E-state index contributed by atoms with van der Waals surface area (Å²) in [6.07, 6.45) is 2.59. The van der Waals surface area contributed by atoms with Gasteiger partial charge in [-0.15, -0.1) is 0 Å². The van der Waals surface area contributed by atoms with Crippen molar-refractivity contribution >= 4 is 35.4 Å². The Labute approximate surface area is 263 Å². The molecule has 0 aliphatic carbocycles. The largest absolute Gasteiger partial charge is 0.508 e. The van der Waals surface area contributed by atoms with Gasteiger partial charge in [-0.2, -0.15) is 15.0 Å². The predicted molar refractivity (Wildman–Crippen MR) is 174 cm³/mol. The van der Waals surface area contributed by atoms with Crippen LogP contribution in [0, 0.1) is 0 Å². The number of aryl methyl sites for hydroxylation is 1. The summed E-state index contributed by atoms with van der Waals surface area (Å²) in [6.45, 7) is 3.70. The smallest absolute Gasteiger partial charge is 0.254 e. The highest BCUT2D eigenvalue weighted by molar-refractivity contribution is 6.30. The van der Waals surface area contributed by atoms with E-state index in [0.29, 0.717) is 61.9 Å². The first-order chi connectivity index (χ1) is 21.4. The Kier molecular flexibility index (Phi) is 10.3. The van der Waals surface area contributed by atoms with Crippen molar-refractivity contribution in [2.75, 3.05) is 68.5 Å². The molecule has 0 bridgehead atoms. The number of anilines is 3. The number of aromatic hydroxyl groups is 1. The van der Waals surface area contributed by atoms with Crippen LogP contribution in [0.5, 0.6) is 11.5 Å². The molecular formula is C33H38ClN7O3. The number of carbonyl (C=O) groups is 1. The molecule has 0 unspecified atom stereocenters. The first-order valence-electron chi connectivity index (χ1n) is 14.8. The van der Waals surface area contributed by atoms with Gasteiger partial charge in [-0.1, -0.05) is 41.9 Å². The zero-order valence-corrected chi connectivity index (χ0v) is 25.9. The van der Waals surface area contributed by atoms with E-state index in [1.165, 1.54) is 5.56 Å². The summed E-state index contributed by atoms with van der Waals surface area (Å²) < 4.78 is 5.29. The number of piperazine rings is 1. The molecule has 10 nitrogen and oxygen atoms in total. The van der Waals surface area contributed by atoms with Gasteiger partial charge in [-0.25, -0.2) is 0 Å². The van der Waals surface area contributed by atoms with Crippen molar-refractivity contribution in [2.24, 2.45) is 0 Å². The van der Waals surface area contributed by atoms with Gasteiger partial charge in [0.15, 0.2) is 0 Å². The van der Waals surface area contributed by atoms with Crippen molar-refractivity contribution in [3.63, 3.8) is 0 Å². The first-order valence-corrected chi connectivity index (χ1v) is 15.2. The molecule has 3 aromatic carbocycles. The number of aromatic nitrogens is 3. The summed E-state index contributed by atoms with van der Waals surface area (Å²) in [5, 5.41) is 13.7. The number of hydrogen-bond donors (Lipinski definition) is 2. The zero-order valence-electron chi connectivity index (χ0n) is 25.1. The number of nitrogens with one attached hydrogen (secondary N) is 1. The van der Waals surface area contributed by atoms with Crippen LogP contribution in [0.2, 0.25) is 5.02 Å². The van der Waals surface area contributed by atoms with Gasteiger partial charge in [0, 0.05) is 56.9 Å². The lowest BCUT2D eigenvalue weighted by molar-refractivity contribution is 0.0746. The zero-order chi connectivity index (χ0) is 30.9. The Morgan fingerprint density at radius 3 is 2.39 bits per heavy atom. The maximum atomic E-state index is 13.2. The number of hydrogen-bond acceptors (Lipinski definition) is 9. The van der Waals surface area contributed by atoms with E-state index in [0.717, 1.165) is 36.4 Å². The molecule has 1 aliphatic heterocycles. The molecule has 1 saturated heterocycles. The van der Waals surface area contributed by atoms with Crippen molar-refractivity contribution in [1.29, 1.82) is 0 Å². The molecule has 2 N–H and O–H groups in total. The maximum Gasteiger partial charge on any atom is 0.254 e. The first kappa shape index (κ1) is 30.9. The molecule has 0 radical (unpaired) electrons. The minimum absolute atomic E-state index is 0.0168. The van der Waals surface area contributed by atoms with Crippen LogP contribution < -0.4 is 19.9 Å². The highest BCUT2D eigenvalue weighted by Crippen LogP contribution is 2.21. The lowest BCUT2D eigenvalue weighted by Gasteiger charge is -2.35. The number of nitrogens with zero attached hydrogens (tertiary/aromatic N) is 6. The third kappa shape index (κ3) is 8.29. The number of ether oxygens (including phenoxy) is 1. The van der Waals surface area contributed by atoms with Crippen LogP contribution in [0.25, 0.3) is 0 Å². The topological polar surface area (TPSA) is 107 Å². The minimum Gasteiger partial charge on any atom is -0.508 e. The van der Waals surface area contributed by atoms with Crippen molar-refractivity contribution in [1.82, 2.24) is 19.9 Å². The van der Waals surface area contributed by atoms with Gasteiger partial charge in [0.2, 0.25) is 17.8 Å². The molecule has 1 aromatic heterocycles. The average Bonchev–Trinajstić information content (AvgIpc) is 3.06. The number of phenols is 1. The Hall–Kier alpha value is -4.57. The molecule has 230 valence electrons. The molecule has 0 spiro atoms. The summed E-state index contributed by atoms with van der Waals surface area (Å²) in [5.74, 6) is 2.57. The summed E-state index contributed by atoms with van der Waals surface area (Å²) >= 11 is 6.04. The second kappa shape index (κ2) is 14.7.